The predicted octanol–water partition coefficient (Wildman–Crippen LogP) is 4.90. The van der Waals surface area contributed by atoms with Gasteiger partial charge >= 0.3 is 0 Å². The van der Waals surface area contributed by atoms with Crippen LogP contribution in [0.2, 0.25) is 0 Å². The Morgan fingerprint density at radius 1 is 0.967 bits per heavy atom. The molecule has 0 saturated carbocycles. The topological polar surface area (TPSA) is 101 Å². The Morgan fingerprint density at radius 3 is 2.43 bits per heavy atom. The molecule has 0 bridgehead atoms. The maximum Gasteiger partial charge on any atom is 0.255 e. The molecule has 3 aromatic carbocycles. The molecule has 1 amide bonds. The summed E-state index contributed by atoms with van der Waals surface area (Å²) in [4.78, 5) is 32.6. The van der Waals surface area contributed by atoms with Gasteiger partial charge in [0.25, 0.3) is 5.91 Å². The van der Waals surface area contributed by atoms with E-state index in [1.54, 1.807) is 30.3 Å². The van der Waals surface area contributed by atoms with E-state index in [0.29, 0.717) is 28.3 Å². The first kappa shape index (κ1) is 19.4. The lowest BCUT2D eigenvalue weighted by Gasteiger charge is -2.07. The highest BCUT2D eigenvalue weighted by molar-refractivity contribution is 6.04. The molecule has 150 valence electrons. The van der Waals surface area contributed by atoms with Crippen LogP contribution in [0, 0.1) is 5.92 Å². The summed E-state index contributed by atoms with van der Waals surface area (Å²) in [5.74, 6) is 0.489. The Bertz CT molecular complexity index is 1240. The summed E-state index contributed by atoms with van der Waals surface area (Å²) >= 11 is 0. The van der Waals surface area contributed by atoms with Crippen molar-refractivity contribution in [1.82, 2.24) is 9.97 Å². The smallest absolute Gasteiger partial charge is 0.255 e. The fourth-order valence-electron chi connectivity index (χ4n) is 3.21. The summed E-state index contributed by atoms with van der Waals surface area (Å²) in [6.45, 7) is 3.77. The number of Topliss-reactive ketones (excluding diaryl/α,β-unsaturated/α-hetero) is 1. The van der Waals surface area contributed by atoms with Crippen LogP contribution < -0.4 is 11.1 Å². The standard InChI is InChI=1S/C24H22N4O2/c1-14(2)22(29)16-8-11-20-21(13-16)28-23(27-20)17-4-3-5-19(12-17)26-24(30)15-6-9-18(25)10-7-15/h3-14H,25H2,1-2H3,(H,26,30)(H,27,28). The number of fused-ring (bicyclic) bond motifs is 1. The number of imidazole rings is 1. The zero-order valence-corrected chi connectivity index (χ0v) is 16.8. The lowest BCUT2D eigenvalue weighted by atomic mass is 10.0. The largest absolute Gasteiger partial charge is 0.399 e. The van der Waals surface area contributed by atoms with Crippen LogP contribution >= 0.6 is 0 Å². The van der Waals surface area contributed by atoms with Crippen molar-refractivity contribution in [3.63, 3.8) is 0 Å². The third-order valence-corrected chi connectivity index (χ3v) is 4.86. The normalized spacial score (nSPS) is 11.0. The molecule has 1 aromatic heterocycles. The van der Waals surface area contributed by atoms with Crippen LogP contribution in [0.25, 0.3) is 22.4 Å². The summed E-state index contributed by atoms with van der Waals surface area (Å²) in [7, 11) is 0. The van der Waals surface area contributed by atoms with E-state index >= 15 is 0 Å². The minimum Gasteiger partial charge on any atom is -0.399 e. The number of rotatable bonds is 5. The number of nitrogen functional groups attached to an aromatic ring is 1. The summed E-state index contributed by atoms with van der Waals surface area (Å²) in [6.07, 6.45) is 0. The first-order valence-electron chi connectivity index (χ1n) is 9.72. The number of amides is 1. The van der Waals surface area contributed by atoms with Crippen molar-refractivity contribution < 1.29 is 9.59 Å². The van der Waals surface area contributed by atoms with Gasteiger partial charge in [-0.2, -0.15) is 0 Å². The van der Waals surface area contributed by atoms with Crippen molar-refractivity contribution in [2.75, 3.05) is 11.1 Å². The zero-order chi connectivity index (χ0) is 21.3. The zero-order valence-electron chi connectivity index (χ0n) is 16.8. The van der Waals surface area contributed by atoms with E-state index in [0.717, 1.165) is 16.6 Å². The molecule has 6 heteroatoms. The molecular weight excluding hydrogens is 376 g/mol. The second kappa shape index (κ2) is 7.83. The highest BCUT2D eigenvalue weighted by Crippen LogP contribution is 2.25. The van der Waals surface area contributed by atoms with Crippen LogP contribution in [0.3, 0.4) is 0 Å². The van der Waals surface area contributed by atoms with Gasteiger partial charge in [0, 0.05) is 34.0 Å². The molecule has 0 aliphatic carbocycles. The number of aromatic nitrogens is 2. The first-order valence-corrected chi connectivity index (χ1v) is 9.72. The Balaban J connectivity index is 1.60. The number of nitrogens with two attached hydrogens (primary N) is 1. The van der Waals surface area contributed by atoms with Gasteiger partial charge in [-0.1, -0.05) is 26.0 Å². The third kappa shape index (κ3) is 3.93. The number of aromatic amines is 1. The van der Waals surface area contributed by atoms with Crippen molar-refractivity contribution in [2.24, 2.45) is 5.92 Å². The van der Waals surface area contributed by atoms with Crippen molar-refractivity contribution in [3.8, 4) is 11.4 Å². The average Bonchev–Trinajstić information content (AvgIpc) is 3.17. The maximum atomic E-state index is 12.5. The van der Waals surface area contributed by atoms with Gasteiger partial charge in [-0.15, -0.1) is 0 Å². The molecule has 0 fully saturated rings. The van der Waals surface area contributed by atoms with Crippen LogP contribution in [-0.2, 0) is 0 Å². The molecule has 0 radical (unpaired) electrons. The number of nitrogens with one attached hydrogen (secondary N) is 2. The Kier molecular flexibility index (Phi) is 5.06. The second-order valence-electron chi connectivity index (χ2n) is 7.49. The SMILES string of the molecule is CC(C)C(=O)c1ccc2nc(-c3cccc(NC(=O)c4ccc(N)cc4)c3)[nH]c2c1. The molecule has 4 aromatic rings. The monoisotopic (exact) mass is 398 g/mol. The van der Waals surface area contributed by atoms with Gasteiger partial charge in [0.15, 0.2) is 5.78 Å². The molecule has 0 aliphatic rings. The minimum atomic E-state index is -0.214. The van der Waals surface area contributed by atoms with Gasteiger partial charge in [0.2, 0.25) is 0 Å². The number of hydrogen-bond acceptors (Lipinski definition) is 4. The third-order valence-electron chi connectivity index (χ3n) is 4.86. The molecule has 30 heavy (non-hydrogen) atoms. The van der Waals surface area contributed by atoms with E-state index in [1.807, 2.05) is 50.2 Å². The summed E-state index contributed by atoms with van der Waals surface area (Å²) < 4.78 is 0. The molecular formula is C24H22N4O2. The van der Waals surface area contributed by atoms with E-state index in [9.17, 15) is 9.59 Å². The molecule has 0 unspecified atom stereocenters. The quantitative estimate of drug-likeness (QED) is 0.329. The number of carbonyl (C=O) groups is 2. The van der Waals surface area contributed by atoms with Crippen LogP contribution in [0.4, 0.5) is 11.4 Å². The summed E-state index contributed by atoms with van der Waals surface area (Å²) in [6, 6.07) is 19.7. The van der Waals surface area contributed by atoms with Gasteiger partial charge in [-0.05, 0) is 54.6 Å². The number of H-pyrrole nitrogens is 1. The maximum absolute atomic E-state index is 12.5. The van der Waals surface area contributed by atoms with Crippen LogP contribution in [0.1, 0.15) is 34.6 Å². The van der Waals surface area contributed by atoms with Crippen LogP contribution in [0.5, 0.6) is 0 Å². The highest BCUT2D eigenvalue weighted by Gasteiger charge is 2.13. The van der Waals surface area contributed by atoms with E-state index < -0.39 is 0 Å². The molecule has 0 saturated heterocycles. The average molecular weight is 398 g/mol. The second-order valence-corrected chi connectivity index (χ2v) is 7.49. The fourth-order valence-corrected chi connectivity index (χ4v) is 3.21. The Hall–Kier alpha value is -3.93. The number of carbonyl (C=O) groups excluding carboxylic acids is 2. The Labute approximate surface area is 174 Å². The summed E-state index contributed by atoms with van der Waals surface area (Å²) in [5, 5.41) is 2.89. The van der Waals surface area contributed by atoms with E-state index in [-0.39, 0.29) is 17.6 Å². The molecule has 1 heterocycles. The van der Waals surface area contributed by atoms with Gasteiger partial charge in [0.1, 0.15) is 5.82 Å². The van der Waals surface area contributed by atoms with E-state index in [2.05, 4.69) is 15.3 Å². The molecule has 4 rings (SSSR count). The first-order chi connectivity index (χ1) is 14.4. The Morgan fingerprint density at radius 2 is 1.70 bits per heavy atom. The lowest BCUT2D eigenvalue weighted by molar-refractivity contribution is 0.0939. The molecule has 0 spiro atoms. The van der Waals surface area contributed by atoms with Crippen molar-refractivity contribution in [3.05, 3.63) is 77.9 Å². The van der Waals surface area contributed by atoms with Crippen LogP contribution in [0.15, 0.2) is 66.7 Å². The predicted molar refractivity (Wildman–Crippen MR) is 120 cm³/mol. The lowest BCUT2D eigenvalue weighted by Crippen LogP contribution is -2.11. The number of ketones is 1. The van der Waals surface area contributed by atoms with Gasteiger partial charge in [-0.25, -0.2) is 4.98 Å². The van der Waals surface area contributed by atoms with Crippen molar-refractivity contribution >= 4 is 34.1 Å². The van der Waals surface area contributed by atoms with Gasteiger partial charge in [0.05, 0.1) is 11.0 Å². The van der Waals surface area contributed by atoms with E-state index in [1.165, 1.54) is 0 Å². The molecule has 6 nitrogen and oxygen atoms in total. The highest BCUT2D eigenvalue weighted by atomic mass is 16.1. The minimum absolute atomic E-state index is 0.0637. The molecule has 4 N–H and O–H groups in total. The van der Waals surface area contributed by atoms with Gasteiger partial charge < -0.3 is 16.0 Å². The number of anilines is 2. The van der Waals surface area contributed by atoms with E-state index in [4.69, 9.17) is 5.73 Å². The molecule has 0 atom stereocenters. The number of benzene rings is 3. The van der Waals surface area contributed by atoms with Crippen molar-refractivity contribution in [1.29, 1.82) is 0 Å². The van der Waals surface area contributed by atoms with Crippen LogP contribution in [-0.4, -0.2) is 21.7 Å². The number of nitrogens with zero attached hydrogens (tertiary/aromatic N) is 1. The number of hydrogen-bond donors (Lipinski definition) is 3. The molecule has 0 aliphatic heterocycles. The fraction of sp³-hybridized carbons (Fsp3) is 0.125. The summed E-state index contributed by atoms with van der Waals surface area (Å²) in [5.41, 5.74) is 10.5. The van der Waals surface area contributed by atoms with Crippen molar-refractivity contribution in [2.45, 2.75) is 13.8 Å². The van der Waals surface area contributed by atoms with Gasteiger partial charge in [-0.3, -0.25) is 9.59 Å².